The van der Waals surface area contributed by atoms with E-state index in [9.17, 15) is 9.59 Å². The lowest BCUT2D eigenvalue weighted by atomic mass is 10.1. The predicted octanol–water partition coefficient (Wildman–Crippen LogP) is 2.00. The Morgan fingerprint density at radius 3 is 2.67 bits per heavy atom. The highest BCUT2D eigenvalue weighted by molar-refractivity contribution is 5.95. The van der Waals surface area contributed by atoms with Crippen molar-refractivity contribution < 1.29 is 14.7 Å². The number of hydrogen-bond acceptors (Lipinski definition) is 3. The molecule has 0 aliphatic carbocycles. The van der Waals surface area contributed by atoms with E-state index in [1.54, 1.807) is 0 Å². The summed E-state index contributed by atoms with van der Waals surface area (Å²) in [6, 6.07) is 5.77. The second kappa shape index (κ2) is 4.44. The first-order valence-electron chi connectivity index (χ1n) is 5.38. The molecule has 0 amide bonds. The summed E-state index contributed by atoms with van der Waals surface area (Å²) in [5.41, 5.74) is 2.60. The van der Waals surface area contributed by atoms with Gasteiger partial charge in [-0.3, -0.25) is 4.79 Å². The molecule has 5 nitrogen and oxygen atoms in total. The molecule has 0 fully saturated rings. The van der Waals surface area contributed by atoms with Crippen LogP contribution in [0.25, 0.3) is 5.69 Å². The second-order valence-corrected chi connectivity index (χ2v) is 4.09. The van der Waals surface area contributed by atoms with E-state index in [0.29, 0.717) is 6.29 Å². The first-order chi connectivity index (χ1) is 8.52. The molecule has 0 spiro atoms. The number of carboxylic acid groups (broad SMARTS) is 1. The van der Waals surface area contributed by atoms with Crippen molar-refractivity contribution in [1.82, 2.24) is 9.78 Å². The Balaban J connectivity index is 2.61. The fraction of sp³-hybridized carbons (Fsp3) is 0.154. The number of carbonyl (C=O) groups excluding carboxylic acids is 1. The van der Waals surface area contributed by atoms with Crippen LogP contribution in [0.15, 0.2) is 24.4 Å². The van der Waals surface area contributed by atoms with Gasteiger partial charge in [0.1, 0.15) is 0 Å². The molecule has 0 saturated carbocycles. The Morgan fingerprint density at radius 2 is 2.11 bits per heavy atom. The smallest absolute Gasteiger partial charge is 0.357 e. The zero-order valence-corrected chi connectivity index (χ0v) is 10.0. The van der Waals surface area contributed by atoms with E-state index in [0.717, 1.165) is 16.8 Å². The van der Waals surface area contributed by atoms with Gasteiger partial charge in [-0.1, -0.05) is 12.1 Å². The molecule has 0 atom stereocenters. The number of aryl methyl sites for hydroxylation is 2. The number of benzene rings is 1. The number of hydrogen-bond donors (Lipinski definition) is 1. The van der Waals surface area contributed by atoms with Crippen LogP contribution in [0.2, 0.25) is 0 Å². The first-order valence-corrected chi connectivity index (χ1v) is 5.38. The lowest BCUT2D eigenvalue weighted by Crippen LogP contribution is -2.03. The second-order valence-electron chi connectivity index (χ2n) is 4.09. The molecular weight excluding hydrogens is 232 g/mol. The van der Waals surface area contributed by atoms with Gasteiger partial charge in [0.05, 0.1) is 11.3 Å². The third-order valence-electron chi connectivity index (χ3n) is 2.68. The van der Waals surface area contributed by atoms with Gasteiger partial charge in [-0.05, 0) is 31.0 Å². The summed E-state index contributed by atoms with van der Waals surface area (Å²) in [4.78, 5) is 21.8. The maximum absolute atomic E-state index is 10.9. The van der Waals surface area contributed by atoms with Crippen molar-refractivity contribution >= 4 is 12.3 Å². The summed E-state index contributed by atoms with van der Waals surface area (Å²) in [6.07, 6.45) is 1.93. The van der Waals surface area contributed by atoms with Crippen LogP contribution in [-0.4, -0.2) is 27.1 Å². The number of nitrogens with zero attached hydrogens (tertiary/aromatic N) is 2. The number of aldehydes is 1. The van der Waals surface area contributed by atoms with Crippen LogP contribution >= 0.6 is 0 Å². The Bertz CT molecular complexity index is 629. The van der Waals surface area contributed by atoms with Gasteiger partial charge in [-0.15, -0.1) is 0 Å². The Kier molecular flexibility index (Phi) is 2.97. The van der Waals surface area contributed by atoms with Crippen LogP contribution in [0, 0.1) is 13.8 Å². The molecule has 5 heteroatoms. The van der Waals surface area contributed by atoms with Crippen LogP contribution in [-0.2, 0) is 0 Å². The summed E-state index contributed by atoms with van der Waals surface area (Å²) in [6.45, 7) is 3.84. The highest BCUT2D eigenvalue weighted by Gasteiger charge is 2.16. The summed E-state index contributed by atoms with van der Waals surface area (Å²) < 4.78 is 1.43. The molecule has 18 heavy (non-hydrogen) atoms. The van der Waals surface area contributed by atoms with Gasteiger partial charge in [0.15, 0.2) is 12.0 Å². The molecule has 0 saturated heterocycles. The van der Waals surface area contributed by atoms with Gasteiger partial charge in [0.25, 0.3) is 0 Å². The van der Waals surface area contributed by atoms with E-state index in [1.807, 2.05) is 32.0 Å². The Labute approximate surface area is 104 Å². The average molecular weight is 244 g/mol. The van der Waals surface area contributed by atoms with E-state index in [-0.39, 0.29) is 11.3 Å². The quantitative estimate of drug-likeness (QED) is 0.838. The van der Waals surface area contributed by atoms with Gasteiger partial charge in [-0.25, -0.2) is 9.48 Å². The van der Waals surface area contributed by atoms with Crippen LogP contribution in [0.5, 0.6) is 0 Å². The van der Waals surface area contributed by atoms with Crippen molar-refractivity contribution in [2.75, 3.05) is 0 Å². The minimum atomic E-state index is -1.21. The monoisotopic (exact) mass is 244 g/mol. The molecule has 0 aliphatic rings. The summed E-state index contributed by atoms with van der Waals surface area (Å²) >= 11 is 0. The Morgan fingerprint density at radius 1 is 1.39 bits per heavy atom. The van der Waals surface area contributed by atoms with E-state index in [2.05, 4.69) is 5.10 Å². The molecule has 92 valence electrons. The summed E-state index contributed by atoms with van der Waals surface area (Å²) in [5.74, 6) is -1.21. The van der Waals surface area contributed by atoms with Crippen molar-refractivity contribution in [3.63, 3.8) is 0 Å². The third kappa shape index (κ3) is 2.02. The van der Waals surface area contributed by atoms with Crippen molar-refractivity contribution in [1.29, 1.82) is 0 Å². The zero-order chi connectivity index (χ0) is 13.3. The molecule has 2 aromatic rings. The summed E-state index contributed by atoms with van der Waals surface area (Å²) in [7, 11) is 0. The molecule has 1 aromatic heterocycles. The molecule has 0 aliphatic heterocycles. The van der Waals surface area contributed by atoms with Gasteiger partial charge >= 0.3 is 5.97 Å². The normalized spacial score (nSPS) is 10.3. The van der Waals surface area contributed by atoms with E-state index < -0.39 is 5.97 Å². The van der Waals surface area contributed by atoms with Gasteiger partial charge < -0.3 is 5.11 Å². The standard InChI is InChI=1S/C13H12N2O3/c1-8-3-4-9(2)11(5-8)15-6-10(7-16)12(14-15)13(17)18/h3-7H,1-2H3,(H,17,18). The minimum absolute atomic E-state index is 0.0726. The van der Waals surface area contributed by atoms with Crippen molar-refractivity contribution in [3.05, 3.63) is 46.8 Å². The third-order valence-corrected chi connectivity index (χ3v) is 2.68. The van der Waals surface area contributed by atoms with Gasteiger partial charge in [0.2, 0.25) is 0 Å². The SMILES string of the molecule is Cc1ccc(C)c(-n2cc(C=O)c(C(=O)O)n2)c1. The van der Waals surface area contributed by atoms with E-state index in [1.165, 1.54) is 10.9 Å². The lowest BCUT2D eigenvalue weighted by Gasteiger charge is -2.06. The number of carboxylic acids is 1. The molecule has 0 radical (unpaired) electrons. The molecule has 1 aromatic carbocycles. The maximum Gasteiger partial charge on any atom is 0.357 e. The molecule has 2 rings (SSSR count). The zero-order valence-electron chi connectivity index (χ0n) is 10.0. The highest BCUT2D eigenvalue weighted by atomic mass is 16.4. The van der Waals surface area contributed by atoms with Gasteiger partial charge in [-0.2, -0.15) is 5.10 Å². The van der Waals surface area contributed by atoms with Crippen molar-refractivity contribution in [2.24, 2.45) is 0 Å². The first kappa shape index (κ1) is 12.0. The molecule has 0 bridgehead atoms. The van der Waals surface area contributed by atoms with Crippen LogP contribution < -0.4 is 0 Å². The number of aromatic carboxylic acids is 1. The average Bonchev–Trinajstić information content (AvgIpc) is 2.76. The van der Waals surface area contributed by atoms with Crippen LogP contribution in [0.1, 0.15) is 32.0 Å². The van der Waals surface area contributed by atoms with E-state index >= 15 is 0 Å². The molecule has 0 unspecified atom stereocenters. The maximum atomic E-state index is 10.9. The molecule has 1 N–H and O–H groups in total. The Hall–Kier alpha value is -2.43. The summed E-state index contributed by atoms with van der Waals surface area (Å²) in [5, 5.41) is 12.9. The number of rotatable bonds is 3. The number of carbonyl (C=O) groups is 2. The van der Waals surface area contributed by atoms with E-state index in [4.69, 9.17) is 5.11 Å². The van der Waals surface area contributed by atoms with Gasteiger partial charge in [0, 0.05) is 6.20 Å². The lowest BCUT2D eigenvalue weighted by molar-refractivity contribution is 0.0687. The van der Waals surface area contributed by atoms with Crippen LogP contribution in [0.3, 0.4) is 0 Å². The minimum Gasteiger partial charge on any atom is -0.476 e. The van der Waals surface area contributed by atoms with Crippen molar-refractivity contribution in [3.8, 4) is 5.69 Å². The topological polar surface area (TPSA) is 72.2 Å². The molecule has 1 heterocycles. The van der Waals surface area contributed by atoms with Crippen molar-refractivity contribution in [2.45, 2.75) is 13.8 Å². The number of aromatic nitrogens is 2. The highest BCUT2D eigenvalue weighted by Crippen LogP contribution is 2.17. The molecular formula is C13H12N2O3. The largest absolute Gasteiger partial charge is 0.476 e. The fourth-order valence-corrected chi connectivity index (χ4v) is 1.73. The van der Waals surface area contributed by atoms with Crippen LogP contribution in [0.4, 0.5) is 0 Å². The predicted molar refractivity (Wildman–Crippen MR) is 65.4 cm³/mol. The fourth-order valence-electron chi connectivity index (χ4n) is 1.73.